The number of hydrogen-bond acceptors (Lipinski definition) is 6. The molecule has 3 heterocycles. The minimum absolute atomic E-state index is 0.322. The molecule has 0 aliphatic heterocycles. The van der Waals surface area contributed by atoms with Crippen molar-refractivity contribution in [1.29, 1.82) is 0 Å². The molecule has 1 aromatic carbocycles. The second-order valence-electron chi connectivity index (χ2n) is 5.62. The lowest BCUT2D eigenvalue weighted by molar-refractivity contribution is 0.678. The number of anilines is 1. The van der Waals surface area contributed by atoms with Crippen LogP contribution in [0.25, 0.3) is 16.9 Å². The number of aromatic nitrogens is 5. The summed E-state index contributed by atoms with van der Waals surface area (Å²) in [4.78, 5) is 17.4. The molecule has 0 aliphatic carbocycles. The highest BCUT2D eigenvalue weighted by atomic mass is 32.2. The van der Waals surface area contributed by atoms with Crippen molar-refractivity contribution >= 4 is 22.4 Å². The minimum Gasteiger partial charge on any atom is -0.350 e. The van der Waals surface area contributed by atoms with Gasteiger partial charge in [0.05, 0.1) is 28.7 Å². The summed E-state index contributed by atoms with van der Waals surface area (Å²) >= 11 is 0. The fraction of sp³-hybridized carbons (Fsp3) is 0.111. The molecule has 4 aromatic rings. The average molecular weight is 364 g/mol. The van der Waals surface area contributed by atoms with E-state index in [2.05, 4.69) is 20.3 Å². The summed E-state index contributed by atoms with van der Waals surface area (Å²) in [6, 6.07) is 13.7. The van der Waals surface area contributed by atoms with E-state index in [4.69, 9.17) is 4.98 Å². The monoisotopic (exact) mass is 364 g/mol. The second kappa shape index (κ2) is 7.01. The third-order valence-corrected chi connectivity index (χ3v) is 4.55. The maximum atomic E-state index is 11.6. The number of hydrogen-bond donors (Lipinski definition) is 1. The standard InChI is InChI=1S/C18H16N6OS/c1-26(25)18-20-8-7-14(22-18)12-21-17-23-15(13-5-3-2-4-6-13)11-16-19-9-10-24(16)17/h2-11H,12H2,1H3,(H,21,23). The molecule has 8 heteroatoms. The fourth-order valence-electron chi connectivity index (χ4n) is 2.59. The summed E-state index contributed by atoms with van der Waals surface area (Å²) in [5.74, 6) is 0.664. The largest absolute Gasteiger partial charge is 0.350 e. The molecule has 0 saturated heterocycles. The number of nitrogens with zero attached hydrogens (tertiary/aromatic N) is 5. The smallest absolute Gasteiger partial charge is 0.218 e. The summed E-state index contributed by atoms with van der Waals surface area (Å²) in [6.07, 6.45) is 6.76. The van der Waals surface area contributed by atoms with Gasteiger partial charge in [-0.15, -0.1) is 0 Å². The first-order valence-electron chi connectivity index (χ1n) is 7.99. The number of imidazole rings is 1. The molecule has 3 aromatic heterocycles. The highest BCUT2D eigenvalue weighted by molar-refractivity contribution is 7.84. The Morgan fingerprint density at radius 2 is 1.92 bits per heavy atom. The van der Waals surface area contributed by atoms with Crippen LogP contribution in [0.2, 0.25) is 0 Å². The van der Waals surface area contributed by atoms with Crippen molar-refractivity contribution in [2.24, 2.45) is 0 Å². The molecule has 26 heavy (non-hydrogen) atoms. The molecule has 0 aliphatic rings. The van der Waals surface area contributed by atoms with E-state index in [1.807, 2.05) is 47.0 Å². The van der Waals surface area contributed by atoms with Crippen LogP contribution in [-0.2, 0) is 17.3 Å². The normalized spacial score (nSPS) is 12.2. The average Bonchev–Trinajstić information content (AvgIpc) is 3.16. The number of benzene rings is 1. The quantitative estimate of drug-likeness (QED) is 0.548. The van der Waals surface area contributed by atoms with Crippen LogP contribution in [-0.4, -0.2) is 34.8 Å². The van der Waals surface area contributed by atoms with Gasteiger partial charge in [-0.2, -0.15) is 0 Å². The van der Waals surface area contributed by atoms with E-state index in [1.54, 1.807) is 24.7 Å². The van der Waals surface area contributed by atoms with Gasteiger partial charge in [0.1, 0.15) is 5.65 Å². The molecule has 0 saturated carbocycles. The SMILES string of the molecule is CS(=O)c1nccc(CNc2nc(-c3ccccc3)cc3nccn23)n1. The Bertz CT molecular complexity index is 1080. The molecule has 130 valence electrons. The predicted octanol–water partition coefficient (Wildman–Crippen LogP) is 2.54. The van der Waals surface area contributed by atoms with Gasteiger partial charge in [0.2, 0.25) is 11.1 Å². The highest BCUT2D eigenvalue weighted by Crippen LogP contribution is 2.21. The van der Waals surface area contributed by atoms with E-state index >= 15 is 0 Å². The lowest BCUT2D eigenvalue weighted by Gasteiger charge is -2.10. The number of rotatable bonds is 5. The van der Waals surface area contributed by atoms with Crippen molar-refractivity contribution in [3.05, 3.63) is 66.7 Å². The van der Waals surface area contributed by atoms with Gasteiger partial charge in [-0.3, -0.25) is 8.61 Å². The molecule has 1 unspecified atom stereocenters. The molecular formula is C18H16N6OS. The Balaban J connectivity index is 1.67. The van der Waals surface area contributed by atoms with Crippen molar-refractivity contribution in [3.63, 3.8) is 0 Å². The molecule has 7 nitrogen and oxygen atoms in total. The van der Waals surface area contributed by atoms with E-state index in [9.17, 15) is 4.21 Å². The van der Waals surface area contributed by atoms with Gasteiger partial charge < -0.3 is 5.32 Å². The van der Waals surface area contributed by atoms with E-state index in [0.29, 0.717) is 17.6 Å². The number of nitrogens with one attached hydrogen (secondary N) is 1. The molecule has 0 bridgehead atoms. The Kier molecular flexibility index (Phi) is 4.40. The van der Waals surface area contributed by atoms with Gasteiger partial charge in [0, 0.05) is 36.5 Å². The van der Waals surface area contributed by atoms with E-state index in [-0.39, 0.29) is 0 Å². The molecule has 0 radical (unpaired) electrons. The Hall–Kier alpha value is -3.13. The Morgan fingerprint density at radius 1 is 1.08 bits per heavy atom. The topological polar surface area (TPSA) is 85.1 Å². The second-order valence-corrected chi connectivity index (χ2v) is 6.90. The van der Waals surface area contributed by atoms with Crippen LogP contribution in [0.4, 0.5) is 5.95 Å². The predicted molar refractivity (Wildman–Crippen MR) is 100 cm³/mol. The first-order chi connectivity index (χ1) is 12.7. The maximum Gasteiger partial charge on any atom is 0.218 e. The highest BCUT2D eigenvalue weighted by Gasteiger charge is 2.09. The third-order valence-electron chi connectivity index (χ3n) is 3.84. The van der Waals surface area contributed by atoms with Gasteiger partial charge >= 0.3 is 0 Å². The summed E-state index contributed by atoms with van der Waals surface area (Å²) in [7, 11) is -1.21. The van der Waals surface area contributed by atoms with Gasteiger partial charge in [-0.25, -0.2) is 19.9 Å². The first kappa shape index (κ1) is 16.3. The fourth-order valence-corrected chi connectivity index (χ4v) is 3.04. The molecule has 1 N–H and O–H groups in total. The third kappa shape index (κ3) is 3.31. The van der Waals surface area contributed by atoms with Crippen LogP contribution in [0.3, 0.4) is 0 Å². The van der Waals surface area contributed by atoms with Crippen LogP contribution in [0.15, 0.2) is 66.2 Å². The summed E-state index contributed by atoms with van der Waals surface area (Å²) in [5.41, 5.74) is 3.40. The lowest BCUT2D eigenvalue weighted by Crippen LogP contribution is -2.09. The van der Waals surface area contributed by atoms with Crippen molar-refractivity contribution in [2.45, 2.75) is 11.7 Å². The summed E-state index contributed by atoms with van der Waals surface area (Å²) in [6.45, 7) is 0.436. The van der Waals surface area contributed by atoms with Crippen molar-refractivity contribution in [1.82, 2.24) is 24.3 Å². The van der Waals surface area contributed by atoms with Crippen molar-refractivity contribution in [3.8, 4) is 11.3 Å². The van der Waals surface area contributed by atoms with Crippen LogP contribution < -0.4 is 5.32 Å². The minimum atomic E-state index is -1.21. The summed E-state index contributed by atoms with van der Waals surface area (Å²) < 4.78 is 13.4. The molecule has 4 rings (SSSR count). The van der Waals surface area contributed by atoms with E-state index in [0.717, 1.165) is 22.6 Å². The zero-order valence-electron chi connectivity index (χ0n) is 14.0. The van der Waals surface area contributed by atoms with E-state index < -0.39 is 10.8 Å². The van der Waals surface area contributed by atoms with Crippen LogP contribution in [0, 0.1) is 0 Å². The lowest BCUT2D eigenvalue weighted by atomic mass is 10.1. The van der Waals surface area contributed by atoms with Gasteiger partial charge in [-0.1, -0.05) is 30.3 Å². The van der Waals surface area contributed by atoms with Crippen LogP contribution in [0.1, 0.15) is 5.69 Å². The van der Waals surface area contributed by atoms with E-state index in [1.165, 1.54) is 0 Å². The molecule has 0 amide bonds. The molecular weight excluding hydrogens is 348 g/mol. The Morgan fingerprint density at radius 3 is 2.73 bits per heavy atom. The molecule has 1 atom stereocenters. The van der Waals surface area contributed by atoms with Gasteiger partial charge in [0.15, 0.2) is 0 Å². The number of fused-ring (bicyclic) bond motifs is 1. The molecule has 0 spiro atoms. The zero-order chi connectivity index (χ0) is 17.9. The van der Waals surface area contributed by atoms with Crippen molar-refractivity contribution in [2.75, 3.05) is 11.6 Å². The van der Waals surface area contributed by atoms with Crippen molar-refractivity contribution < 1.29 is 4.21 Å². The van der Waals surface area contributed by atoms with Gasteiger partial charge in [-0.05, 0) is 6.07 Å². The van der Waals surface area contributed by atoms with Crippen LogP contribution in [0.5, 0.6) is 0 Å². The Labute approximate surface area is 152 Å². The molecule has 0 fully saturated rings. The summed E-state index contributed by atoms with van der Waals surface area (Å²) in [5, 5.41) is 3.61. The zero-order valence-corrected chi connectivity index (χ0v) is 14.8. The van der Waals surface area contributed by atoms with Crippen LogP contribution >= 0.6 is 0 Å². The van der Waals surface area contributed by atoms with Gasteiger partial charge in [0.25, 0.3) is 0 Å². The maximum absolute atomic E-state index is 11.6. The first-order valence-corrected chi connectivity index (χ1v) is 9.55.